The molecule has 1 heterocycles. The second-order valence-corrected chi connectivity index (χ2v) is 9.85. The van der Waals surface area contributed by atoms with E-state index in [9.17, 15) is 18.3 Å². The Hall–Kier alpha value is -3.49. The maximum Gasteiger partial charge on any atom is 0.307 e. The Balaban J connectivity index is 1.84. The lowest BCUT2D eigenvalue weighted by atomic mass is 10.0. The lowest BCUT2D eigenvalue weighted by Crippen LogP contribution is -2.31. The Morgan fingerprint density at radius 2 is 1.79 bits per heavy atom. The Kier molecular flexibility index (Phi) is 6.54. The minimum absolute atomic E-state index is 0.0655. The van der Waals surface area contributed by atoms with E-state index >= 15 is 0 Å². The van der Waals surface area contributed by atoms with Gasteiger partial charge in [-0.15, -0.1) is 0 Å². The number of sulfonamides is 1. The third-order valence-electron chi connectivity index (χ3n) is 5.58. The number of nitrogens with one attached hydrogen (secondary N) is 1. The molecule has 0 aliphatic heterocycles. The zero-order valence-corrected chi connectivity index (χ0v) is 20.2. The fraction of sp³-hybridized carbons (Fsp3) is 0.160. The number of carboxylic acid groups (broad SMARTS) is 1. The number of aromatic amines is 1. The lowest BCUT2D eigenvalue weighted by Gasteiger charge is -2.24. The van der Waals surface area contributed by atoms with Crippen LogP contribution in [0.5, 0.6) is 5.75 Å². The lowest BCUT2D eigenvalue weighted by molar-refractivity contribution is -0.136. The highest BCUT2D eigenvalue weighted by Gasteiger charge is 2.27. The molecule has 4 aromatic rings. The Morgan fingerprint density at radius 1 is 1.09 bits per heavy atom. The summed E-state index contributed by atoms with van der Waals surface area (Å²) in [6, 6.07) is 18.8. The predicted molar refractivity (Wildman–Crippen MR) is 133 cm³/mol. The highest BCUT2D eigenvalue weighted by atomic mass is 35.5. The van der Waals surface area contributed by atoms with Gasteiger partial charge in [0, 0.05) is 17.4 Å². The van der Waals surface area contributed by atoms with Crippen molar-refractivity contribution in [2.75, 3.05) is 18.0 Å². The molecule has 0 fully saturated rings. The van der Waals surface area contributed by atoms with Crippen molar-refractivity contribution in [3.8, 4) is 17.0 Å². The van der Waals surface area contributed by atoms with Gasteiger partial charge in [-0.2, -0.15) is 0 Å². The molecule has 0 saturated heterocycles. The van der Waals surface area contributed by atoms with E-state index in [1.165, 1.54) is 23.5 Å². The van der Waals surface area contributed by atoms with Gasteiger partial charge in [0.2, 0.25) is 0 Å². The number of fused-ring (bicyclic) bond motifs is 1. The largest absolute Gasteiger partial charge is 0.497 e. The van der Waals surface area contributed by atoms with Crippen LogP contribution in [-0.4, -0.2) is 38.1 Å². The number of halogens is 1. The van der Waals surface area contributed by atoms with E-state index < -0.39 is 16.0 Å². The van der Waals surface area contributed by atoms with Crippen molar-refractivity contribution in [3.05, 3.63) is 77.3 Å². The number of carbonyl (C=O) groups is 1. The molecule has 0 amide bonds. The first-order valence-corrected chi connectivity index (χ1v) is 12.4. The molecular formula is C25H23ClN2O5S. The molecule has 9 heteroatoms. The van der Waals surface area contributed by atoms with E-state index in [4.69, 9.17) is 16.3 Å². The van der Waals surface area contributed by atoms with E-state index in [0.29, 0.717) is 28.3 Å². The van der Waals surface area contributed by atoms with Gasteiger partial charge in [0.15, 0.2) is 0 Å². The third kappa shape index (κ3) is 4.34. The quantitative estimate of drug-likeness (QED) is 0.341. The standard InChI is InChI=1S/C25H23ClN2O5S/c1-3-28(17-9-11-18(33-2)12-10-17)34(31,32)23-14-16(8-13-21(23)26)25-20(15-24(29)30)19-6-4-5-7-22(19)27-25/h4-14,27H,3,15H2,1-2H3,(H,29,30). The van der Waals surface area contributed by atoms with E-state index in [-0.39, 0.29) is 22.9 Å². The molecule has 2 N–H and O–H groups in total. The van der Waals surface area contributed by atoms with Crippen LogP contribution in [0.4, 0.5) is 5.69 Å². The van der Waals surface area contributed by atoms with Crippen molar-refractivity contribution in [2.45, 2.75) is 18.2 Å². The Morgan fingerprint density at radius 3 is 2.44 bits per heavy atom. The van der Waals surface area contributed by atoms with Crippen LogP contribution in [0.2, 0.25) is 5.02 Å². The number of aliphatic carboxylic acids is 1. The summed E-state index contributed by atoms with van der Waals surface area (Å²) < 4.78 is 33.8. The van der Waals surface area contributed by atoms with Gasteiger partial charge in [-0.25, -0.2) is 8.42 Å². The summed E-state index contributed by atoms with van der Waals surface area (Å²) in [4.78, 5) is 14.7. The molecule has 7 nitrogen and oxygen atoms in total. The third-order valence-corrected chi connectivity index (χ3v) is 7.96. The molecule has 4 rings (SSSR count). The summed E-state index contributed by atoms with van der Waals surface area (Å²) in [5, 5.41) is 10.3. The second kappa shape index (κ2) is 9.40. The maximum atomic E-state index is 13.7. The molecule has 0 unspecified atom stereocenters. The summed E-state index contributed by atoms with van der Waals surface area (Å²) in [5.74, 6) is -0.369. The molecule has 0 atom stereocenters. The van der Waals surface area contributed by atoms with Gasteiger partial charge >= 0.3 is 5.97 Å². The van der Waals surface area contributed by atoms with Gasteiger partial charge in [0.1, 0.15) is 10.6 Å². The first-order valence-electron chi connectivity index (χ1n) is 10.5. The summed E-state index contributed by atoms with van der Waals surface area (Å²) in [7, 11) is -2.48. The number of anilines is 1. The zero-order chi connectivity index (χ0) is 24.5. The van der Waals surface area contributed by atoms with Crippen LogP contribution in [0.1, 0.15) is 12.5 Å². The van der Waals surface area contributed by atoms with Crippen LogP contribution in [0, 0.1) is 0 Å². The van der Waals surface area contributed by atoms with Crippen LogP contribution < -0.4 is 9.04 Å². The molecule has 0 aliphatic rings. The van der Waals surface area contributed by atoms with Crippen molar-refractivity contribution in [1.29, 1.82) is 0 Å². The summed E-state index contributed by atoms with van der Waals surface area (Å²) >= 11 is 6.38. The number of benzene rings is 3. The highest BCUT2D eigenvalue weighted by Crippen LogP contribution is 2.36. The van der Waals surface area contributed by atoms with Crippen LogP contribution in [-0.2, 0) is 21.2 Å². The minimum Gasteiger partial charge on any atom is -0.497 e. The number of hydrogen-bond donors (Lipinski definition) is 2. The topological polar surface area (TPSA) is 99.7 Å². The number of ether oxygens (including phenoxy) is 1. The SMILES string of the molecule is CCN(c1ccc(OC)cc1)S(=O)(=O)c1cc(-c2[nH]c3ccccc3c2CC(=O)O)ccc1Cl. The molecule has 0 aliphatic carbocycles. The molecule has 0 spiro atoms. The number of aromatic nitrogens is 1. The number of rotatable bonds is 8. The predicted octanol–water partition coefficient (Wildman–Crippen LogP) is 5.34. The first-order chi connectivity index (χ1) is 16.3. The molecule has 0 saturated carbocycles. The van der Waals surface area contributed by atoms with Crippen LogP contribution in [0.15, 0.2) is 71.6 Å². The van der Waals surface area contributed by atoms with Gasteiger partial charge in [0.05, 0.1) is 29.9 Å². The van der Waals surface area contributed by atoms with E-state index in [2.05, 4.69) is 4.98 Å². The average molecular weight is 499 g/mol. The fourth-order valence-corrected chi connectivity index (χ4v) is 5.97. The smallest absolute Gasteiger partial charge is 0.307 e. The summed E-state index contributed by atoms with van der Waals surface area (Å²) in [6.07, 6.45) is -0.211. The molecule has 176 valence electrons. The van der Waals surface area contributed by atoms with Crippen molar-refractivity contribution in [1.82, 2.24) is 4.98 Å². The van der Waals surface area contributed by atoms with Crippen LogP contribution >= 0.6 is 11.6 Å². The fourth-order valence-electron chi connectivity index (χ4n) is 4.00. The van der Waals surface area contributed by atoms with Crippen molar-refractivity contribution in [3.63, 3.8) is 0 Å². The van der Waals surface area contributed by atoms with Crippen molar-refractivity contribution < 1.29 is 23.1 Å². The molecule has 0 radical (unpaired) electrons. The summed E-state index contributed by atoms with van der Waals surface area (Å²) in [6.45, 7) is 1.92. The number of para-hydroxylation sites is 1. The number of hydrogen-bond acceptors (Lipinski definition) is 4. The minimum atomic E-state index is -4.02. The average Bonchev–Trinajstić information content (AvgIpc) is 3.18. The van der Waals surface area contributed by atoms with Gasteiger partial charge in [-0.05, 0) is 60.5 Å². The molecule has 1 aromatic heterocycles. The van der Waals surface area contributed by atoms with Crippen LogP contribution in [0.3, 0.4) is 0 Å². The highest BCUT2D eigenvalue weighted by molar-refractivity contribution is 7.93. The van der Waals surface area contributed by atoms with E-state index in [0.717, 1.165) is 10.9 Å². The molecule has 34 heavy (non-hydrogen) atoms. The van der Waals surface area contributed by atoms with Gasteiger partial charge in [0.25, 0.3) is 10.0 Å². The normalized spacial score (nSPS) is 11.5. The monoisotopic (exact) mass is 498 g/mol. The van der Waals surface area contributed by atoms with Gasteiger partial charge in [-0.3, -0.25) is 9.10 Å². The van der Waals surface area contributed by atoms with E-state index in [1.807, 2.05) is 24.3 Å². The molecule has 0 bridgehead atoms. The summed E-state index contributed by atoms with van der Waals surface area (Å²) in [5.41, 5.74) is 2.89. The second-order valence-electron chi connectivity index (χ2n) is 7.61. The number of H-pyrrole nitrogens is 1. The molecule has 3 aromatic carbocycles. The van der Waals surface area contributed by atoms with Crippen molar-refractivity contribution in [2.24, 2.45) is 0 Å². The van der Waals surface area contributed by atoms with E-state index in [1.54, 1.807) is 37.3 Å². The zero-order valence-electron chi connectivity index (χ0n) is 18.6. The Bertz CT molecular complexity index is 1460. The van der Waals surface area contributed by atoms with Crippen molar-refractivity contribution >= 4 is 44.2 Å². The molecular weight excluding hydrogens is 476 g/mol. The maximum absolute atomic E-state index is 13.7. The number of nitrogens with zero attached hydrogens (tertiary/aromatic N) is 1. The number of methoxy groups -OCH3 is 1. The van der Waals surface area contributed by atoms with Gasteiger partial charge in [-0.1, -0.05) is 35.9 Å². The van der Waals surface area contributed by atoms with Crippen LogP contribution in [0.25, 0.3) is 22.2 Å². The van der Waals surface area contributed by atoms with Gasteiger partial charge < -0.3 is 14.8 Å². The number of carboxylic acids is 1. The first kappa shape index (κ1) is 23.7. The Labute approximate surface area is 202 Å².